The third-order valence-electron chi connectivity index (χ3n) is 5.65. The number of aryl methyl sites for hydroxylation is 1. The van der Waals surface area contributed by atoms with Crippen molar-refractivity contribution in [1.29, 1.82) is 0 Å². The predicted molar refractivity (Wildman–Crippen MR) is 129 cm³/mol. The average molecular weight is 441 g/mol. The average Bonchev–Trinajstić information content (AvgIpc) is 3.07. The van der Waals surface area contributed by atoms with Gasteiger partial charge in [-0.05, 0) is 31.9 Å². The maximum atomic E-state index is 13.0. The van der Waals surface area contributed by atoms with Gasteiger partial charge in [-0.1, -0.05) is 57.6 Å². The van der Waals surface area contributed by atoms with Crippen LogP contribution in [-0.2, 0) is 16.0 Å². The van der Waals surface area contributed by atoms with Crippen LogP contribution < -0.4 is 5.73 Å². The molecule has 1 aromatic carbocycles. The number of rotatable bonds is 14. The molecule has 0 saturated carbocycles. The Morgan fingerprint density at radius 3 is 2.34 bits per heavy atom. The number of ether oxygens (including phenoxy) is 2. The minimum atomic E-state index is -0.424. The van der Waals surface area contributed by atoms with E-state index in [-0.39, 0.29) is 0 Å². The maximum Gasteiger partial charge on any atom is 0.344 e. The molecule has 0 bridgehead atoms. The van der Waals surface area contributed by atoms with Crippen LogP contribution in [-0.4, -0.2) is 40.3 Å². The van der Waals surface area contributed by atoms with Gasteiger partial charge in [0, 0.05) is 19.8 Å². The first-order chi connectivity index (χ1) is 15.7. The van der Waals surface area contributed by atoms with Crippen LogP contribution in [0.5, 0.6) is 0 Å². The number of anilines is 1. The summed E-state index contributed by atoms with van der Waals surface area (Å²) in [5.41, 5.74) is 9.36. The number of carbonyl (C=O) groups is 1. The molecular formula is C25H36N4O3. The quantitative estimate of drug-likeness (QED) is 0.263. The van der Waals surface area contributed by atoms with Gasteiger partial charge in [0.15, 0.2) is 5.65 Å². The van der Waals surface area contributed by atoms with E-state index in [1.165, 1.54) is 32.1 Å². The smallest absolute Gasteiger partial charge is 0.344 e. The van der Waals surface area contributed by atoms with Gasteiger partial charge in [0.1, 0.15) is 16.9 Å². The summed E-state index contributed by atoms with van der Waals surface area (Å²) in [5, 5.41) is 0. The monoisotopic (exact) mass is 440 g/mol. The molecule has 0 atom stereocenters. The fourth-order valence-electron chi connectivity index (χ4n) is 3.91. The Kier molecular flexibility index (Phi) is 9.28. The second-order valence-corrected chi connectivity index (χ2v) is 8.10. The van der Waals surface area contributed by atoms with Gasteiger partial charge in [-0.15, -0.1) is 0 Å². The Labute approximate surface area is 190 Å². The van der Waals surface area contributed by atoms with E-state index in [1.54, 1.807) is 0 Å². The Balaban J connectivity index is 1.75. The van der Waals surface area contributed by atoms with Crippen molar-refractivity contribution in [2.75, 3.05) is 25.6 Å². The van der Waals surface area contributed by atoms with Crippen molar-refractivity contribution in [2.45, 2.75) is 71.8 Å². The first-order valence-corrected chi connectivity index (χ1v) is 12.0. The molecular weight excluding hydrogens is 404 g/mol. The molecule has 0 aliphatic rings. The number of para-hydroxylation sites is 2. The standard InChI is InChI=1S/C25H36N4O3/c1-3-5-6-7-8-9-12-18-32-25(30)21-22-24(28-20-15-11-10-14-19(20)27-22)29(23(21)26)16-13-17-31-4-2/h10-11,14-15H,3-9,12-13,16-18,26H2,1-2H3. The number of unbranched alkanes of at least 4 members (excludes halogenated alkanes) is 6. The summed E-state index contributed by atoms with van der Waals surface area (Å²) in [6.45, 7) is 6.46. The number of nitrogens with two attached hydrogens (primary N) is 1. The second kappa shape index (κ2) is 12.4. The number of esters is 1. The molecule has 0 fully saturated rings. The minimum Gasteiger partial charge on any atom is -0.462 e. The molecule has 32 heavy (non-hydrogen) atoms. The van der Waals surface area contributed by atoms with Gasteiger partial charge in [0.25, 0.3) is 0 Å². The largest absolute Gasteiger partial charge is 0.462 e. The van der Waals surface area contributed by atoms with Crippen LogP contribution in [0.2, 0.25) is 0 Å². The summed E-state index contributed by atoms with van der Waals surface area (Å²) in [6, 6.07) is 7.63. The van der Waals surface area contributed by atoms with Gasteiger partial charge in [-0.2, -0.15) is 0 Å². The van der Waals surface area contributed by atoms with Crippen LogP contribution >= 0.6 is 0 Å². The van der Waals surface area contributed by atoms with Crippen LogP contribution in [0.15, 0.2) is 24.3 Å². The summed E-state index contributed by atoms with van der Waals surface area (Å²) >= 11 is 0. The van der Waals surface area contributed by atoms with Crippen LogP contribution in [0.25, 0.3) is 22.2 Å². The van der Waals surface area contributed by atoms with Crippen LogP contribution in [0.4, 0.5) is 5.82 Å². The zero-order valence-electron chi connectivity index (χ0n) is 19.4. The number of hydrogen-bond acceptors (Lipinski definition) is 6. The number of hydrogen-bond donors (Lipinski definition) is 1. The van der Waals surface area contributed by atoms with Crippen molar-refractivity contribution >= 4 is 34.0 Å². The molecule has 0 aliphatic heterocycles. The fourth-order valence-corrected chi connectivity index (χ4v) is 3.91. The van der Waals surface area contributed by atoms with Gasteiger partial charge in [-0.25, -0.2) is 14.8 Å². The summed E-state index contributed by atoms with van der Waals surface area (Å²) in [4.78, 5) is 22.4. The van der Waals surface area contributed by atoms with Crippen molar-refractivity contribution in [3.8, 4) is 0 Å². The molecule has 2 heterocycles. The lowest BCUT2D eigenvalue weighted by atomic mass is 10.1. The SMILES string of the molecule is CCCCCCCCCOC(=O)c1c(N)n(CCCOCC)c2nc3ccccc3nc12. The summed E-state index contributed by atoms with van der Waals surface area (Å²) in [6.07, 6.45) is 8.93. The highest BCUT2D eigenvalue weighted by Gasteiger charge is 2.25. The predicted octanol–water partition coefficient (Wildman–Crippen LogP) is 5.50. The number of carbonyl (C=O) groups excluding carboxylic acids is 1. The third-order valence-corrected chi connectivity index (χ3v) is 5.65. The molecule has 2 aromatic heterocycles. The Hall–Kier alpha value is -2.67. The topological polar surface area (TPSA) is 92.3 Å². The Morgan fingerprint density at radius 1 is 0.938 bits per heavy atom. The van der Waals surface area contributed by atoms with E-state index in [0.29, 0.717) is 48.9 Å². The molecule has 0 amide bonds. The lowest BCUT2D eigenvalue weighted by Gasteiger charge is -2.08. The van der Waals surface area contributed by atoms with Gasteiger partial charge < -0.3 is 19.8 Å². The van der Waals surface area contributed by atoms with Gasteiger partial charge in [-0.3, -0.25) is 0 Å². The zero-order valence-corrected chi connectivity index (χ0v) is 19.4. The molecule has 3 aromatic rings. The van der Waals surface area contributed by atoms with Gasteiger partial charge >= 0.3 is 5.97 Å². The number of fused-ring (bicyclic) bond motifs is 2. The lowest BCUT2D eigenvalue weighted by molar-refractivity contribution is 0.0501. The Bertz CT molecular complexity index is 1020. The van der Waals surface area contributed by atoms with Crippen molar-refractivity contribution in [2.24, 2.45) is 0 Å². The summed E-state index contributed by atoms with van der Waals surface area (Å²) in [5.74, 6) is -0.0667. The van der Waals surface area contributed by atoms with Crippen molar-refractivity contribution in [1.82, 2.24) is 14.5 Å². The summed E-state index contributed by atoms with van der Waals surface area (Å²) in [7, 11) is 0. The number of benzene rings is 1. The molecule has 7 nitrogen and oxygen atoms in total. The zero-order chi connectivity index (χ0) is 22.8. The second-order valence-electron chi connectivity index (χ2n) is 8.10. The van der Waals surface area contributed by atoms with E-state index in [4.69, 9.17) is 25.2 Å². The maximum absolute atomic E-state index is 13.0. The van der Waals surface area contributed by atoms with E-state index in [9.17, 15) is 4.79 Å². The van der Waals surface area contributed by atoms with E-state index in [0.717, 1.165) is 30.3 Å². The Morgan fingerprint density at radius 2 is 1.62 bits per heavy atom. The van der Waals surface area contributed by atoms with E-state index in [2.05, 4.69) is 6.92 Å². The number of nitrogens with zero attached hydrogens (tertiary/aromatic N) is 3. The molecule has 7 heteroatoms. The third kappa shape index (κ3) is 5.97. The van der Waals surface area contributed by atoms with Crippen LogP contribution in [0.3, 0.4) is 0 Å². The van der Waals surface area contributed by atoms with Crippen LogP contribution in [0.1, 0.15) is 75.6 Å². The molecule has 0 saturated heterocycles. The molecule has 174 valence electrons. The van der Waals surface area contributed by atoms with Crippen LogP contribution in [0, 0.1) is 0 Å². The van der Waals surface area contributed by atoms with Crippen molar-refractivity contribution < 1.29 is 14.3 Å². The fraction of sp³-hybridized carbons (Fsp3) is 0.560. The molecule has 3 rings (SSSR count). The first-order valence-electron chi connectivity index (χ1n) is 12.0. The highest BCUT2D eigenvalue weighted by atomic mass is 16.5. The van der Waals surface area contributed by atoms with Gasteiger partial charge in [0.2, 0.25) is 0 Å². The number of nitrogen functional groups attached to an aromatic ring is 1. The lowest BCUT2D eigenvalue weighted by Crippen LogP contribution is -2.11. The highest BCUT2D eigenvalue weighted by Crippen LogP contribution is 2.29. The molecule has 0 spiro atoms. The molecule has 2 N–H and O–H groups in total. The minimum absolute atomic E-state index is 0.317. The van der Waals surface area contributed by atoms with E-state index in [1.807, 2.05) is 35.8 Å². The number of aromatic nitrogens is 3. The normalized spacial score (nSPS) is 11.4. The molecule has 0 unspecified atom stereocenters. The molecule has 0 radical (unpaired) electrons. The van der Waals surface area contributed by atoms with Gasteiger partial charge in [0.05, 0.1) is 17.6 Å². The molecule has 0 aliphatic carbocycles. The summed E-state index contributed by atoms with van der Waals surface area (Å²) < 4.78 is 12.9. The highest BCUT2D eigenvalue weighted by molar-refractivity contribution is 6.08. The first kappa shape index (κ1) is 24.0. The van der Waals surface area contributed by atoms with E-state index >= 15 is 0 Å². The van der Waals surface area contributed by atoms with E-state index < -0.39 is 5.97 Å². The van der Waals surface area contributed by atoms with Crippen molar-refractivity contribution in [3.63, 3.8) is 0 Å². The van der Waals surface area contributed by atoms with Crippen molar-refractivity contribution in [3.05, 3.63) is 29.8 Å².